The van der Waals surface area contributed by atoms with Crippen LogP contribution in [-0.4, -0.2) is 20.9 Å². The summed E-state index contributed by atoms with van der Waals surface area (Å²) in [6.45, 7) is 0. The van der Waals surface area contributed by atoms with E-state index in [1.807, 2.05) is 24.3 Å². The van der Waals surface area contributed by atoms with Gasteiger partial charge in [0.15, 0.2) is 5.82 Å². The maximum absolute atomic E-state index is 12.1. The van der Waals surface area contributed by atoms with Crippen molar-refractivity contribution in [3.8, 4) is 0 Å². The van der Waals surface area contributed by atoms with Crippen LogP contribution in [0.5, 0.6) is 0 Å². The minimum Gasteiger partial charge on any atom is -0.281 e. The molecule has 0 saturated carbocycles. The van der Waals surface area contributed by atoms with E-state index in [0.717, 1.165) is 20.3 Å². The van der Waals surface area contributed by atoms with Crippen LogP contribution in [0.15, 0.2) is 55.0 Å². The lowest BCUT2D eigenvalue weighted by molar-refractivity contribution is 0.0957. The average molecular weight is 321 g/mol. The third-order valence-corrected chi connectivity index (χ3v) is 4.45. The number of anilines is 1. The Morgan fingerprint density at radius 3 is 2.74 bits per heavy atom. The van der Waals surface area contributed by atoms with E-state index in [1.165, 1.54) is 6.33 Å². The van der Waals surface area contributed by atoms with Gasteiger partial charge in [-0.2, -0.15) is 0 Å². The summed E-state index contributed by atoms with van der Waals surface area (Å²) in [6, 6.07) is 13.2. The normalized spacial score (nSPS) is 10.8. The predicted octanol–water partition coefficient (Wildman–Crippen LogP) is 3.00. The molecule has 0 spiro atoms. The molecule has 3 aromatic heterocycles. The summed E-state index contributed by atoms with van der Waals surface area (Å²) < 4.78 is 1.13. The number of rotatable bonds is 3. The van der Waals surface area contributed by atoms with Crippen LogP contribution in [0, 0.1) is 0 Å². The van der Waals surface area contributed by atoms with Gasteiger partial charge in [0.25, 0.3) is 5.91 Å². The van der Waals surface area contributed by atoms with E-state index in [1.54, 1.807) is 35.7 Å². The summed E-state index contributed by atoms with van der Waals surface area (Å²) in [5, 5.41) is 1.96. The van der Waals surface area contributed by atoms with Crippen LogP contribution in [0.1, 0.15) is 10.5 Å². The Morgan fingerprint density at radius 2 is 1.87 bits per heavy atom. The molecule has 0 radical (unpaired) electrons. The Bertz CT molecular complexity index is 999. The number of carbonyl (C=O) groups is 1. The van der Waals surface area contributed by atoms with Gasteiger partial charge >= 0.3 is 0 Å². The molecule has 0 unspecified atom stereocenters. The van der Waals surface area contributed by atoms with Crippen molar-refractivity contribution < 1.29 is 4.79 Å². The smallest absolute Gasteiger partial charge is 0.281 e. The quantitative estimate of drug-likeness (QED) is 0.567. The molecule has 0 saturated heterocycles. The van der Waals surface area contributed by atoms with Gasteiger partial charge < -0.3 is 0 Å². The number of pyridine rings is 1. The van der Waals surface area contributed by atoms with E-state index >= 15 is 0 Å². The van der Waals surface area contributed by atoms with E-state index in [0.29, 0.717) is 11.5 Å². The first-order chi connectivity index (χ1) is 11.3. The number of amides is 1. The van der Waals surface area contributed by atoms with E-state index in [2.05, 4.69) is 25.8 Å². The van der Waals surface area contributed by atoms with Crippen molar-refractivity contribution in [3.05, 3.63) is 60.7 Å². The number of aromatic nitrogens is 3. The molecule has 0 aliphatic heterocycles. The Morgan fingerprint density at radius 1 is 1.00 bits per heavy atom. The summed E-state index contributed by atoms with van der Waals surface area (Å²) in [4.78, 5) is 25.5. The number of nitrogens with one attached hydrogen (secondary N) is 2. The Kier molecular flexibility index (Phi) is 3.32. The molecule has 2 N–H and O–H groups in total. The standard InChI is InChI=1S/C16H11N5OS/c22-15(11-6-3-4-8-17-11)21-20-14-13-10-5-1-2-7-12(10)23-16(13)19-9-18-14/h1-9H,(H,21,22)(H,18,19,20). The van der Waals surface area contributed by atoms with E-state index in [9.17, 15) is 4.79 Å². The minimum atomic E-state index is -0.322. The Labute approximate surface area is 135 Å². The second-order valence-corrected chi connectivity index (χ2v) is 5.83. The van der Waals surface area contributed by atoms with E-state index in [-0.39, 0.29) is 5.91 Å². The fraction of sp³-hybridized carbons (Fsp3) is 0. The summed E-state index contributed by atoms with van der Waals surface area (Å²) in [6.07, 6.45) is 3.05. The van der Waals surface area contributed by atoms with Crippen molar-refractivity contribution >= 4 is 43.4 Å². The highest BCUT2D eigenvalue weighted by molar-refractivity contribution is 7.25. The molecular formula is C16H11N5OS. The van der Waals surface area contributed by atoms with Crippen LogP contribution in [0.2, 0.25) is 0 Å². The molecule has 4 rings (SSSR count). The zero-order valence-corrected chi connectivity index (χ0v) is 12.7. The highest BCUT2D eigenvalue weighted by Crippen LogP contribution is 2.35. The summed E-state index contributed by atoms with van der Waals surface area (Å²) in [5.74, 6) is 0.244. The maximum Gasteiger partial charge on any atom is 0.288 e. The number of hydrogen-bond donors (Lipinski definition) is 2. The Balaban J connectivity index is 1.68. The molecule has 1 aromatic carbocycles. The summed E-state index contributed by atoms with van der Waals surface area (Å²) in [7, 11) is 0. The van der Waals surface area contributed by atoms with Crippen LogP contribution >= 0.6 is 11.3 Å². The third kappa shape index (κ3) is 2.47. The van der Waals surface area contributed by atoms with E-state index < -0.39 is 0 Å². The Hall–Kier alpha value is -3.06. The van der Waals surface area contributed by atoms with Gasteiger partial charge in [-0.05, 0) is 18.2 Å². The van der Waals surface area contributed by atoms with Gasteiger partial charge in [0.2, 0.25) is 0 Å². The second-order valence-electron chi connectivity index (χ2n) is 4.79. The van der Waals surface area contributed by atoms with Gasteiger partial charge in [0, 0.05) is 16.3 Å². The zero-order chi connectivity index (χ0) is 15.6. The fourth-order valence-electron chi connectivity index (χ4n) is 2.33. The first-order valence-electron chi connectivity index (χ1n) is 6.92. The van der Waals surface area contributed by atoms with Gasteiger partial charge in [0.05, 0.1) is 5.39 Å². The van der Waals surface area contributed by atoms with E-state index in [4.69, 9.17) is 0 Å². The number of hydrazine groups is 1. The molecule has 0 aliphatic rings. The average Bonchev–Trinajstić information content (AvgIpc) is 2.99. The first-order valence-corrected chi connectivity index (χ1v) is 7.74. The molecule has 0 atom stereocenters. The molecule has 0 aliphatic carbocycles. The molecule has 0 fully saturated rings. The third-order valence-electron chi connectivity index (χ3n) is 3.37. The van der Waals surface area contributed by atoms with Crippen molar-refractivity contribution in [3.63, 3.8) is 0 Å². The SMILES string of the molecule is O=C(NNc1ncnc2sc3ccccc3c12)c1ccccn1. The molecular weight excluding hydrogens is 310 g/mol. The molecule has 6 nitrogen and oxygen atoms in total. The van der Waals surface area contributed by atoms with Crippen molar-refractivity contribution in [2.45, 2.75) is 0 Å². The number of thiophene rings is 1. The molecule has 3 heterocycles. The van der Waals surface area contributed by atoms with Gasteiger partial charge in [-0.3, -0.25) is 20.6 Å². The molecule has 23 heavy (non-hydrogen) atoms. The summed E-state index contributed by atoms with van der Waals surface area (Å²) in [5.41, 5.74) is 5.84. The number of carbonyl (C=O) groups excluding carboxylic acids is 1. The second kappa shape index (κ2) is 5.62. The minimum absolute atomic E-state index is 0.322. The highest BCUT2D eigenvalue weighted by Gasteiger charge is 2.12. The van der Waals surface area contributed by atoms with Gasteiger partial charge in [-0.25, -0.2) is 9.97 Å². The maximum atomic E-state index is 12.1. The van der Waals surface area contributed by atoms with Crippen molar-refractivity contribution in [2.24, 2.45) is 0 Å². The van der Waals surface area contributed by atoms with Gasteiger partial charge in [-0.1, -0.05) is 24.3 Å². The van der Waals surface area contributed by atoms with Crippen LogP contribution in [-0.2, 0) is 0 Å². The lowest BCUT2D eigenvalue weighted by Crippen LogP contribution is -2.30. The molecule has 4 aromatic rings. The van der Waals surface area contributed by atoms with Gasteiger partial charge in [0.1, 0.15) is 16.9 Å². The largest absolute Gasteiger partial charge is 0.288 e. The fourth-order valence-corrected chi connectivity index (χ4v) is 3.37. The number of benzene rings is 1. The molecule has 112 valence electrons. The number of nitrogens with zero attached hydrogens (tertiary/aromatic N) is 3. The monoisotopic (exact) mass is 321 g/mol. The molecule has 0 bridgehead atoms. The predicted molar refractivity (Wildman–Crippen MR) is 90.2 cm³/mol. The van der Waals surface area contributed by atoms with Gasteiger partial charge in [-0.15, -0.1) is 11.3 Å². The van der Waals surface area contributed by atoms with Crippen molar-refractivity contribution in [1.29, 1.82) is 0 Å². The highest BCUT2D eigenvalue weighted by atomic mass is 32.1. The van der Waals surface area contributed by atoms with Crippen LogP contribution in [0.25, 0.3) is 20.3 Å². The zero-order valence-electron chi connectivity index (χ0n) is 11.9. The molecule has 1 amide bonds. The number of hydrogen-bond acceptors (Lipinski definition) is 6. The van der Waals surface area contributed by atoms with Crippen LogP contribution < -0.4 is 10.9 Å². The summed E-state index contributed by atoms with van der Waals surface area (Å²) >= 11 is 1.59. The number of fused-ring (bicyclic) bond motifs is 3. The van der Waals surface area contributed by atoms with Crippen molar-refractivity contribution in [1.82, 2.24) is 20.4 Å². The lowest BCUT2D eigenvalue weighted by atomic mass is 10.2. The molecule has 7 heteroatoms. The van der Waals surface area contributed by atoms with Crippen LogP contribution in [0.3, 0.4) is 0 Å². The van der Waals surface area contributed by atoms with Crippen molar-refractivity contribution in [2.75, 3.05) is 5.43 Å². The topological polar surface area (TPSA) is 79.8 Å². The lowest BCUT2D eigenvalue weighted by Gasteiger charge is -2.08. The first kappa shape index (κ1) is 13.6. The van der Waals surface area contributed by atoms with Crippen LogP contribution in [0.4, 0.5) is 5.82 Å².